The van der Waals surface area contributed by atoms with Crippen molar-refractivity contribution < 1.29 is 9.53 Å². The SMILES string of the molecule is COC(CN)CC(=O)NC(CC(C)C)c1ccccc1. The minimum Gasteiger partial charge on any atom is -0.380 e. The van der Waals surface area contributed by atoms with Gasteiger partial charge < -0.3 is 15.8 Å². The van der Waals surface area contributed by atoms with Crippen molar-refractivity contribution in [3.8, 4) is 0 Å². The topological polar surface area (TPSA) is 64.3 Å². The molecule has 0 aromatic heterocycles. The van der Waals surface area contributed by atoms with Crippen LogP contribution in [0.15, 0.2) is 30.3 Å². The third-order valence-electron chi connectivity index (χ3n) is 3.25. The van der Waals surface area contributed by atoms with E-state index in [0.717, 1.165) is 12.0 Å². The molecule has 1 aromatic rings. The van der Waals surface area contributed by atoms with Crippen LogP contribution in [0.25, 0.3) is 0 Å². The number of nitrogens with two attached hydrogens (primary N) is 1. The fourth-order valence-corrected chi connectivity index (χ4v) is 2.16. The van der Waals surface area contributed by atoms with Gasteiger partial charge in [0.25, 0.3) is 0 Å². The van der Waals surface area contributed by atoms with E-state index in [1.54, 1.807) is 7.11 Å². The Morgan fingerprint density at radius 2 is 1.95 bits per heavy atom. The minimum absolute atomic E-state index is 0.0168. The maximum Gasteiger partial charge on any atom is 0.223 e. The summed E-state index contributed by atoms with van der Waals surface area (Å²) in [6.07, 6.45) is 0.996. The van der Waals surface area contributed by atoms with Crippen LogP contribution in [0.5, 0.6) is 0 Å². The second-order valence-corrected chi connectivity index (χ2v) is 5.46. The lowest BCUT2D eigenvalue weighted by Gasteiger charge is -2.22. The number of nitrogens with one attached hydrogen (secondary N) is 1. The number of hydrogen-bond acceptors (Lipinski definition) is 3. The fourth-order valence-electron chi connectivity index (χ4n) is 2.16. The van der Waals surface area contributed by atoms with Crippen LogP contribution in [-0.2, 0) is 9.53 Å². The van der Waals surface area contributed by atoms with Crippen molar-refractivity contribution in [3.63, 3.8) is 0 Å². The Morgan fingerprint density at radius 1 is 1.30 bits per heavy atom. The molecule has 4 nitrogen and oxygen atoms in total. The van der Waals surface area contributed by atoms with Crippen molar-refractivity contribution in [2.24, 2.45) is 11.7 Å². The van der Waals surface area contributed by atoms with E-state index >= 15 is 0 Å². The van der Waals surface area contributed by atoms with Gasteiger partial charge in [0.2, 0.25) is 5.91 Å². The Kier molecular flexibility index (Phi) is 7.26. The monoisotopic (exact) mass is 278 g/mol. The van der Waals surface area contributed by atoms with Gasteiger partial charge in [-0.25, -0.2) is 0 Å². The first-order valence-electron chi connectivity index (χ1n) is 7.14. The Bertz CT molecular complexity index is 389. The Labute approximate surface area is 121 Å². The molecule has 0 spiro atoms. The predicted molar refractivity (Wildman–Crippen MR) is 81.2 cm³/mol. The van der Waals surface area contributed by atoms with E-state index in [1.165, 1.54) is 0 Å². The summed E-state index contributed by atoms with van der Waals surface area (Å²) in [7, 11) is 1.58. The van der Waals surface area contributed by atoms with Crippen molar-refractivity contribution in [2.45, 2.75) is 38.8 Å². The molecule has 0 aliphatic rings. The number of carbonyl (C=O) groups excluding carboxylic acids is 1. The summed E-state index contributed by atoms with van der Waals surface area (Å²) in [6.45, 7) is 4.66. The molecule has 1 rings (SSSR count). The third-order valence-corrected chi connectivity index (χ3v) is 3.25. The first-order chi connectivity index (χ1) is 9.56. The summed E-state index contributed by atoms with van der Waals surface area (Å²) in [6, 6.07) is 10.1. The lowest BCUT2D eigenvalue weighted by molar-refractivity contribution is -0.124. The fraction of sp³-hybridized carbons (Fsp3) is 0.562. The number of ether oxygens (including phenoxy) is 1. The molecule has 0 bridgehead atoms. The van der Waals surface area contributed by atoms with Crippen LogP contribution in [0.3, 0.4) is 0 Å². The highest BCUT2D eigenvalue weighted by atomic mass is 16.5. The van der Waals surface area contributed by atoms with Crippen molar-refractivity contribution in [1.82, 2.24) is 5.32 Å². The first kappa shape index (κ1) is 16.7. The van der Waals surface area contributed by atoms with Gasteiger partial charge in [-0.1, -0.05) is 44.2 Å². The number of amides is 1. The van der Waals surface area contributed by atoms with E-state index in [1.807, 2.05) is 30.3 Å². The maximum absolute atomic E-state index is 12.1. The highest BCUT2D eigenvalue weighted by molar-refractivity contribution is 5.77. The van der Waals surface area contributed by atoms with E-state index in [0.29, 0.717) is 18.9 Å². The smallest absolute Gasteiger partial charge is 0.223 e. The predicted octanol–water partition coefficient (Wildman–Crippen LogP) is 2.25. The zero-order chi connectivity index (χ0) is 15.0. The minimum atomic E-state index is -0.217. The largest absolute Gasteiger partial charge is 0.380 e. The summed E-state index contributed by atoms with van der Waals surface area (Å²) < 4.78 is 5.15. The van der Waals surface area contributed by atoms with E-state index < -0.39 is 0 Å². The summed E-state index contributed by atoms with van der Waals surface area (Å²) in [5, 5.41) is 3.09. The molecule has 4 heteroatoms. The lowest BCUT2D eigenvalue weighted by atomic mass is 9.97. The van der Waals surface area contributed by atoms with E-state index in [9.17, 15) is 4.79 Å². The highest BCUT2D eigenvalue weighted by Crippen LogP contribution is 2.21. The zero-order valence-electron chi connectivity index (χ0n) is 12.6. The number of benzene rings is 1. The molecule has 3 N–H and O–H groups in total. The Morgan fingerprint density at radius 3 is 2.45 bits per heavy atom. The summed E-state index contributed by atoms with van der Waals surface area (Å²) in [5.41, 5.74) is 6.68. The van der Waals surface area contributed by atoms with Crippen molar-refractivity contribution in [2.75, 3.05) is 13.7 Å². The molecule has 1 aromatic carbocycles. The number of carbonyl (C=O) groups is 1. The van der Waals surface area contributed by atoms with Crippen LogP contribution in [0.2, 0.25) is 0 Å². The Hall–Kier alpha value is -1.39. The third kappa shape index (κ3) is 5.72. The molecule has 0 heterocycles. The summed E-state index contributed by atoms with van der Waals surface area (Å²) in [4.78, 5) is 12.1. The molecule has 0 aliphatic heterocycles. The van der Waals surface area contributed by atoms with Gasteiger partial charge in [-0.2, -0.15) is 0 Å². The van der Waals surface area contributed by atoms with Crippen LogP contribution >= 0.6 is 0 Å². The second-order valence-electron chi connectivity index (χ2n) is 5.46. The number of methoxy groups -OCH3 is 1. The van der Waals surface area contributed by atoms with Crippen LogP contribution in [-0.4, -0.2) is 25.7 Å². The van der Waals surface area contributed by atoms with Gasteiger partial charge in [0.05, 0.1) is 18.6 Å². The lowest BCUT2D eigenvalue weighted by Crippen LogP contribution is -2.34. The van der Waals surface area contributed by atoms with Crippen LogP contribution in [0, 0.1) is 5.92 Å². The van der Waals surface area contributed by atoms with Crippen molar-refractivity contribution >= 4 is 5.91 Å². The first-order valence-corrected chi connectivity index (χ1v) is 7.14. The standard InChI is InChI=1S/C16H26N2O2/c1-12(2)9-15(13-7-5-4-6-8-13)18-16(19)10-14(11-17)20-3/h4-8,12,14-15H,9-11,17H2,1-3H3,(H,18,19). The maximum atomic E-state index is 12.1. The average molecular weight is 278 g/mol. The van der Waals surface area contributed by atoms with Gasteiger partial charge in [-0.05, 0) is 17.9 Å². The molecule has 0 saturated carbocycles. The summed E-state index contributed by atoms with van der Waals surface area (Å²) >= 11 is 0. The van der Waals surface area contributed by atoms with Crippen molar-refractivity contribution in [1.29, 1.82) is 0 Å². The summed E-state index contributed by atoms with van der Waals surface area (Å²) in [5.74, 6) is 0.491. The number of hydrogen-bond donors (Lipinski definition) is 2. The second kappa shape index (κ2) is 8.72. The number of rotatable bonds is 8. The van der Waals surface area contributed by atoms with Gasteiger partial charge in [0.15, 0.2) is 0 Å². The van der Waals surface area contributed by atoms with E-state index in [2.05, 4.69) is 19.2 Å². The van der Waals surface area contributed by atoms with Crippen LogP contribution in [0.4, 0.5) is 0 Å². The quantitative estimate of drug-likeness (QED) is 0.766. The van der Waals surface area contributed by atoms with Crippen molar-refractivity contribution in [3.05, 3.63) is 35.9 Å². The van der Waals surface area contributed by atoms with Gasteiger partial charge in [-0.15, -0.1) is 0 Å². The molecule has 20 heavy (non-hydrogen) atoms. The van der Waals surface area contributed by atoms with Gasteiger partial charge >= 0.3 is 0 Å². The Balaban J connectivity index is 2.68. The molecular weight excluding hydrogens is 252 g/mol. The van der Waals surface area contributed by atoms with E-state index in [-0.39, 0.29) is 18.1 Å². The molecule has 0 fully saturated rings. The van der Waals surface area contributed by atoms with E-state index in [4.69, 9.17) is 10.5 Å². The highest BCUT2D eigenvalue weighted by Gasteiger charge is 2.18. The molecule has 2 atom stereocenters. The van der Waals surface area contributed by atoms with Gasteiger partial charge in [-0.3, -0.25) is 4.79 Å². The van der Waals surface area contributed by atoms with Gasteiger partial charge in [0, 0.05) is 13.7 Å². The van der Waals surface area contributed by atoms with Crippen LogP contribution in [0.1, 0.15) is 38.3 Å². The average Bonchev–Trinajstić information content (AvgIpc) is 2.44. The molecule has 112 valence electrons. The molecule has 2 unspecified atom stereocenters. The molecule has 1 amide bonds. The molecule has 0 aliphatic carbocycles. The van der Waals surface area contributed by atoms with Crippen LogP contribution < -0.4 is 11.1 Å². The van der Waals surface area contributed by atoms with Gasteiger partial charge in [0.1, 0.15) is 0 Å². The normalized spacial score (nSPS) is 14.1. The molecule has 0 saturated heterocycles. The zero-order valence-corrected chi connectivity index (χ0v) is 12.6. The molecule has 0 radical (unpaired) electrons. The molecular formula is C16H26N2O2.